The molecule has 0 saturated carbocycles. The predicted molar refractivity (Wildman–Crippen MR) is 83.9 cm³/mol. The maximum atomic E-state index is 12.9. The molecule has 0 fully saturated rings. The predicted octanol–water partition coefficient (Wildman–Crippen LogP) is 1.80. The lowest BCUT2D eigenvalue weighted by Gasteiger charge is -2.02. The van der Waals surface area contributed by atoms with Gasteiger partial charge in [-0.15, -0.1) is 10.2 Å². The summed E-state index contributed by atoms with van der Waals surface area (Å²) in [5.74, 6) is 5.96. The van der Waals surface area contributed by atoms with Crippen molar-refractivity contribution in [3.05, 3.63) is 47.4 Å². The molecule has 1 aromatic carbocycles. The van der Waals surface area contributed by atoms with Crippen molar-refractivity contribution >= 4 is 17.5 Å². The Morgan fingerprint density at radius 2 is 2.09 bits per heavy atom. The Bertz CT molecular complexity index is 841. The van der Waals surface area contributed by atoms with Crippen LogP contribution in [0.5, 0.6) is 0 Å². The minimum atomic E-state index is -0.380. The molecule has 9 heteroatoms. The number of nitrogens with zero attached hydrogens (tertiary/aromatic N) is 4. The van der Waals surface area contributed by atoms with Crippen molar-refractivity contribution in [1.82, 2.24) is 25.1 Å². The van der Waals surface area contributed by atoms with Crippen LogP contribution in [-0.2, 0) is 0 Å². The number of nitrogen functional groups attached to an aromatic ring is 1. The molecule has 0 aliphatic heterocycles. The maximum Gasteiger partial charge on any atom is 0.210 e. The molecule has 118 valence electrons. The lowest BCUT2D eigenvalue weighted by Crippen LogP contribution is -2.13. The minimum Gasteiger partial charge on any atom is -0.335 e. The van der Waals surface area contributed by atoms with Crippen molar-refractivity contribution in [1.29, 1.82) is 0 Å². The van der Waals surface area contributed by atoms with E-state index in [2.05, 4.69) is 20.4 Å². The van der Waals surface area contributed by atoms with Crippen molar-refractivity contribution in [3.63, 3.8) is 0 Å². The smallest absolute Gasteiger partial charge is 0.210 e. The molecule has 3 aromatic rings. The van der Waals surface area contributed by atoms with Crippen LogP contribution in [0.3, 0.4) is 0 Å². The molecule has 0 atom stereocenters. The topological polar surface area (TPSA) is 102 Å². The van der Waals surface area contributed by atoms with Gasteiger partial charge in [-0.3, -0.25) is 9.89 Å². The molecule has 0 amide bonds. The number of halogens is 1. The zero-order chi connectivity index (χ0) is 16.4. The highest BCUT2D eigenvalue weighted by Gasteiger charge is 2.16. The van der Waals surface area contributed by atoms with Crippen LogP contribution in [0.25, 0.3) is 11.5 Å². The average molecular weight is 332 g/mol. The fourth-order valence-electron chi connectivity index (χ4n) is 1.93. The number of hydrogen-bond acceptors (Lipinski definition) is 6. The van der Waals surface area contributed by atoms with Crippen LogP contribution in [0.2, 0.25) is 0 Å². The van der Waals surface area contributed by atoms with Gasteiger partial charge in [-0.1, -0.05) is 11.8 Å². The molecule has 0 aliphatic rings. The Balaban J connectivity index is 1.70. The van der Waals surface area contributed by atoms with Crippen LogP contribution in [0, 0.1) is 12.7 Å². The number of Topliss-reactive ketones (excluding diaryl/α,β-unsaturated/α-hetero) is 1. The Kier molecular flexibility index (Phi) is 4.11. The third-order valence-corrected chi connectivity index (χ3v) is 4.04. The number of ketones is 1. The van der Waals surface area contributed by atoms with Crippen LogP contribution in [0.1, 0.15) is 16.1 Å². The highest BCUT2D eigenvalue weighted by Crippen LogP contribution is 2.21. The van der Waals surface area contributed by atoms with E-state index in [-0.39, 0.29) is 17.4 Å². The van der Waals surface area contributed by atoms with E-state index < -0.39 is 0 Å². The number of hydrogen-bond donors (Lipinski definition) is 2. The molecule has 2 heterocycles. The fourth-order valence-corrected chi connectivity index (χ4v) is 2.68. The number of thioether (sulfide) groups is 1. The van der Waals surface area contributed by atoms with Gasteiger partial charge in [-0.25, -0.2) is 9.07 Å². The van der Waals surface area contributed by atoms with Gasteiger partial charge in [0.25, 0.3) is 0 Å². The molecule has 23 heavy (non-hydrogen) atoms. The van der Waals surface area contributed by atoms with Crippen LogP contribution in [0.4, 0.5) is 4.39 Å². The van der Waals surface area contributed by atoms with Crippen LogP contribution >= 0.6 is 11.8 Å². The normalized spacial score (nSPS) is 10.9. The largest absolute Gasteiger partial charge is 0.335 e. The van der Waals surface area contributed by atoms with Gasteiger partial charge in [0.1, 0.15) is 11.5 Å². The summed E-state index contributed by atoms with van der Waals surface area (Å²) >= 11 is 1.16. The first-order valence-corrected chi connectivity index (χ1v) is 7.67. The Morgan fingerprint density at radius 1 is 1.35 bits per heavy atom. The molecule has 3 rings (SSSR count). The first-order chi connectivity index (χ1) is 11.0. The monoisotopic (exact) mass is 332 g/mol. The number of carbonyl (C=O) groups excluding carboxylic acids is 1. The first kappa shape index (κ1) is 15.2. The number of carbonyl (C=O) groups is 1. The fraction of sp³-hybridized carbons (Fsp3) is 0.143. The Hall–Kier alpha value is -2.68. The number of aromatic nitrogens is 5. The quantitative estimate of drug-likeness (QED) is 0.420. The van der Waals surface area contributed by atoms with E-state index in [1.807, 2.05) is 6.92 Å². The van der Waals surface area contributed by atoms with Crippen LogP contribution in [0.15, 0.2) is 35.5 Å². The molecule has 0 spiro atoms. The lowest BCUT2D eigenvalue weighted by atomic mass is 10.1. The summed E-state index contributed by atoms with van der Waals surface area (Å²) in [5.41, 5.74) is 1.89. The van der Waals surface area contributed by atoms with Crippen molar-refractivity contribution in [2.45, 2.75) is 12.1 Å². The molecule has 0 radical (unpaired) electrons. The second kappa shape index (κ2) is 6.21. The molecule has 0 aliphatic carbocycles. The first-order valence-electron chi connectivity index (χ1n) is 6.69. The number of nitrogens with two attached hydrogens (primary N) is 1. The van der Waals surface area contributed by atoms with Crippen LogP contribution in [-0.4, -0.2) is 36.6 Å². The highest BCUT2D eigenvalue weighted by atomic mass is 32.2. The SMILES string of the molecule is Cc1cc(-c2nnc(SCC(=O)c3ccc(F)cc3)n2N)n[nH]1. The van der Waals surface area contributed by atoms with E-state index in [1.165, 1.54) is 28.9 Å². The van der Waals surface area contributed by atoms with Gasteiger partial charge >= 0.3 is 0 Å². The zero-order valence-corrected chi connectivity index (χ0v) is 13.0. The second-order valence-corrected chi connectivity index (χ2v) is 5.77. The molecule has 2 aromatic heterocycles. The van der Waals surface area contributed by atoms with E-state index in [9.17, 15) is 9.18 Å². The molecule has 3 N–H and O–H groups in total. The van der Waals surface area contributed by atoms with E-state index >= 15 is 0 Å². The van der Waals surface area contributed by atoms with E-state index in [0.717, 1.165) is 17.5 Å². The summed E-state index contributed by atoms with van der Waals surface area (Å²) in [6.07, 6.45) is 0. The number of nitrogens with one attached hydrogen (secondary N) is 1. The molecule has 7 nitrogen and oxygen atoms in total. The third kappa shape index (κ3) is 3.24. The van der Waals surface area contributed by atoms with E-state index in [0.29, 0.717) is 22.2 Å². The van der Waals surface area contributed by atoms with E-state index in [4.69, 9.17) is 5.84 Å². The van der Waals surface area contributed by atoms with Gasteiger partial charge in [0.05, 0.1) is 5.75 Å². The van der Waals surface area contributed by atoms with Crippen molar-refractivity contribution in [2.24, 2.45) is 0 Å². The standard InChI is InChI=1S/C14H13FN6OS/c1-8-6-11(18-17-8)13-19-20-14(21(13)16)23-7-12(22)9-2-4-10(15)5-3-9/h2-6H,7,16H2,1H3,(H,17,18). The van der Waals surface area contributed by atoms with Crippen molar-refractivity contribution < 1.29 is 9.18 Å². The van der Waals surface area contributed by atoms with Crippen molar-refractivity contribution in [2.75, 3.05) is 11.6 Å². The summed E-state index contributed by atoms with van der Waals surface area (Å²) in [7, 11) is 0. The minimum absolute atomic E-state index is 0.126. The summed E-state index contributed by atoms with van der Waals surface area (Å²) in [5, 5.41) is 15.2. The number of benzene rings is 1. The summed E-state index contributed by atoms with van der Waals surface area (Å²) in [6.45, 7) is 1.87. The molecule has 0 saturated heterocycles. The van der Waals surface area contributed by atoms with E-state index in [1.54, 1.807) is 6.07 Å². The Labute approximate surface area is 135 Å². The summed E-state index contributed by atoms with van der Waals surface area (Å²) in [6, 6.07) is 7.20. The van der Waals surface area contributed by atoms with Gasteiger partial charge in [0.15, 0.2) is 5.78 Å². The molecular weight excluding hydrogens is 319 g/mol. The van der Waals surface area contributed by atoms with Gasteiger partial charge in [-0.05, 0) is 37.3 Å². The second-order valence-electron chi connectivity index (χ2n) is 4.83. The average Bonchev–Trinajstić information content (AvgIpc) is 3.11. The van der Waals surface area contributed by atoms with Gasteiger partial charge in [0, 0.05) is 11.3 Å². The number of rotatable bonds is 5. The molecular formula is C14H13FN6OS. The van der Waals surface area contributed by atoms with Gasteiger partial charge in [0.2, 0.25) is 11.0 Å². The number of aromatic amines is 1. The third-order valence-electron chi connectivity index (χ3n) is 3.10. The maximum absolute atomic E-state index is 12.9. The zero-order valence-electron chi connectivity index (χ0n) is 12.2. The van der Waals surface area contributed by atoms with Crippen LogP contribution < -0.4 is 5.84 Å². The summed E-state index contributed by atoms with van der Waals surface area (Å²) < 4.78 is 14.1. The lowest BCUT2D eigenvalue weighted by molar-refractivity contribution is 0.102. The molecule has 0 bridgehead atoms. The number of aryl methyl sites for hydroxylation is 1. The van der Waals surface area contributed by atoms with Gasteiger partial charge < -0.3 is 5.84 Å². The highest BCUT2D eigenvalue weighted by molar-refractivity contribution is 7.99. The Morgan fingerprint density at radius 3 is 2.74 bits per heavy atom. The van der Waals surface area contributed by atoms with Gasteiger partial charge in [-0.2, -0.15) is 5.10 Å². The van der Waals surface area contributed by atoms with Crippen molar-refractivity contribution in [3.8, 4) is 11.5 Å². The molecule has 0 unspecified atom stereocenters. The summed E-state index contributed by atoms with van der Waals surface area (Å²) in [4.78, 5) is 12.1. The number of H-pyrrole nitrogens is 1.